The highest BCUT2D eigenvalue weighted by molar-refractivity contribution is 7.09. The summed E-state index contributed by atoms with van der Waals surface area (Å²) < 4.78 is 5.41. The van der Waals surface area contributed by atoms with E-state index in [0.717, 1.165) is 4.88 Å². The van der Waals surface area contributed by atoms with Crippen LogP contribution in [0.2, 0.25) is 0 Å². The number of nitrogens with one attached hydrogen (secondary N) is 1. The number of amides is 1. The molecule has 0 aliphatic rings. The molecule has 0 bridgehead atoms. The molecular formula is C17H13NO3S. The third kappa shape index (κ3) is 2.99. The molecule has 0 fully saturated rings. The quantitative estimate of drug-likeness (QED) is 0.730. The predicted octanol–water partition coefficient (Wildman–Crippen LogP) is 3.75. The summed E-state index contributed by atoms with van der Waals surface area (Å²) in [6.07, 6.45) is 0.642. The van der Waals surface area contributed by atoms with Gasteiger partial charge in [-0.15, -0.1) is 11.3 Å². The van der Waals surface area contributed by atoms with Crippen LogP contribution >= 0.6 is 11.3 Å². The fourth-order valence-electron chi connectivity index (χ4n) is 2.13. The van der Waals surface area contributed by atoms with Crippen LogP contribution in [0.15, 0.2) is 58.3 Å². The molecule has 110 valence electrons. The molecule has 22 heavy (non-hydrogen) atoms. The second-order valence-corrected chi connectivity index (χ2v) is 5.66. The number of carbonyl (C=O) groups excluding carboxylic acids is 2. The van der Waals surface area contributed by atoms with E-state index in [-0.39, 0.29) is 11.7 Å². The minimum absolute atomic E-state index is 0.173. The fraction of sp³-hybridized carbons (Fsp3) is 0.0588. The SMILES string of the molecule is O=Cc1ccc(-c2ccccc2C(=O)NCc2cccs2)o1. The molecule has 0 saturated carbocycles. The van der Waals surface area contributed by atoms with Gasteiger partial charge in [0.05, 0.1) is 12.1 Å². The van der Waals surface area contributed by atoms with Gasteiger partial charge in [0.2, 0.25) is 0 Å². The van der Waals surface area contributed by atoms with Crippen LogP contribution in [0.1, 0.15) is 25.8 Å². The lowest BCUT2D eigenvalue weighted by Crippen LogP contribution is -2.22. The van der Waals surface area contributed by atoms with Gasteiger partial charge in [-0.3, -0.25) is 9.59 Å². The highest BCUT2D eigenvalue weighted by Gasteiger charge is 2.14. The Kier molecular flexibility index (Phi) is 4.16. The van der Waals surface area contributed by atoms with Gasteiger partial charge < -0.3 is 9.73 Å². The number of aldehydes is 1. The van der Waals surface area contributed by atoms with Gasteiger partial charge >= 0.3 is 0 Å². The van der Waals surface area contributed by atoms with E-state index in [2.05, 4.69) is 5.32 Å². The molecular weight excluding hydrogens is 298 g/mol. The lowest BCUT2D eigenvalue weighted by Gasteiger charge is -2.08. The standard InChI is InChI=1S/C17H13NO3S/c19-11-12-7-8-16(21-12)14-5-1-2-6-15(14)17(20)18-10-13-4-3-9-22-13/h1-9,11H,10H2,(H,18,20). The van der Waals surface area contributed by atoms with Crippen molar-refractivity contribution in [2.75, 3.05) is 0 Å². The topological polar surface area (TPSA) is 59.3 Å². The van der Waals surface area contributed by atoms with Crippen LogP contribution in [0.3, 0.4) is 0 Å². The van der Waals surface area contributed by atoms with Gasteiger partial charge in [0.1, 0.15) is 5.76 Å². The third-order valence-electron chi connectivity index (χ3n) is 3.18. The van der Waals surface area contributed by atoms with Gasteiger partial charge in [-0.05, 0) is 29.6 Å². The van der Waals surface area contributed by atoms with Crippen molar-refractivity contribution in [1.29, 1.82) is 0 Å². The molecule has 0 aliphatic carbocycles. The molecule has 0 atom stereocenters. The molecule has 0 saturated heterocycles. The Morgan fingerprint density at radius 3 is 2.73 bits per heavy atom. The number of carbonyl (C=O) groups is 2. The third-order valence-corrected chi connectivity index (χ3v) is 4.06. The highest BCUT2D eigenvalue weighted by Crippen LogP contribution is 2.25. The molecule has 1 amide bonds. The van der Waals surface area contributed by atoms with Crippen LogP contribution in [0.4, 0.5) is 0 Å². The van der Waals surface area contributed by atoms with Crippen molar-refractivity contribution in [2.45, 2.75) is 6.54 Å². The molecule has 3 aromatic rings. The zero-order chi connectivity index (χ0) is 15.4. The van der Waals surface area contributed by atoms with Crippen molar-refractivity contribution in [3.63, 3.8) is 0 Å². The van der Waals surface area contributed by atoms with Gasteiger partial charge in [-0.1, -0.05) is 24.3 Å². The summed E-state index contributed by atoms with van der Waals surface area (Å²) in [7, 11) is 0. The summed E-state index contributed by atoms with van der Waals surface area (Å²) in [4.78, 5) is 24.2. The maximum atomic E-state index is 12.4. The number of hydrogen-bond donors (Lipinski definition) is 1. The van der Waals surface area contributed by atoms with Gasteiger partial charge in [0.15, 0.2) is 12.0 Å². The number of furan rings is 1. The Labute approximate surface area is 131 Å². The lowest BCUT2D eigenvalue weighted by molar-refractivity contribution is 0.0951. The first-order valence-electron chi connectivity index (χ1n) is 6.73. The summed E-state index contributed by atoms with van der Waals surface area (Å²) >= 11 is 1.59. The van der Waals surface area contributed by atoms with Crippen molar-refractivity contribution < 1.29 is 14.0 Å². The predicted molar refractivity (Wildman–Crippen MR) is 85.0 cm³/mol. The average Bonchev–Trinajstić information content (AvgIpc) is 3.24. The number of hydrogen-bond acceptors (Lipinski definition) is 4. The Balaban J connectivity index is 1.84. The first-order valence-corrected chi connectivity index (χ1v) is 7.61. The van der Waals surface area contributed by atoms with Gasteiger partial charge in [0.25, 0.3) is 5.91 Å². The normalized spacial score (nSPS) is 10.4. The lowest BCUT2D eigenvalue weighted by atomic mass is 10.0. The van der Waals surface area contributed by atoms with Crippen LogP contribution in [0, 0.1) is 0 Å². The maximum Gasteiger partial charge on any atom is 0.252 e. The summed E-state index contributed by atoms with van der Waals surface area (Å²) in [5, 5.41) is 4.86. The van der Waals surface area contributed by atoms with Crippen LogP contribution < -0.4 is 5.32 Å². The van der Waals surface area contributed by atoms with Crippen LogP contribution in [0.25, 0.3) is 11.3 Å². The van der Waals surface area contributed by atoms with Crippen LogP contribution in [0.5, 0.6) is 0 Å². The van der Waals surface area contributed by atoms with E-state index < -0.39 is 0 Å². The maximum absolute atomic E-state index is 12.4. The van der Waals surface area contributed by atoms with Gasteiger partial charge in [-0.2, -0.15) is 0 Å². The number of thiophene rings is 1. The molecule has 0 spiro atoms. The zero-order valence-electron chi connectivity index (χ0n) is 11.6. The fourth-order valence-corrected chi connectivity index (χ4v) is 2.78. The highest BCUT2D eigenvalue weighted by atomic mass is 32.1. The second kappa shape index (κ2) is 6.41. The zero-order valence-corrected chi connectivity index (χ0v) is 12.4. The largest absolute Gasteiger partial charge is 0.453 e. The Morgan fingerprint density at radius 1 is 1.14 bits per heavy atom. The Hall–Kier alpha value is -2.66. The van der Waals surface area contributed by atoms with Gasteiger partial charge in [-0.25, -0.2) is 0 Å². The first-order chi connectivity index (χ1) is 10.8. The van der Waals surface area contributed by atoms with E-state index in [1.807, 2.05) is 23.6 Å². The molecule has 4 nitrogen and oxygen atoms in total. The van der Waals surface area contributed by atoms with Crippen molar-refractivity contribution in [1.82, 2.24) is 5.32 Å². The molecule has 0 aliphatic heterocycles. The van der Waals surface area contributed by atoms with Crippen LogP contribution in [-0.4, -0.2) is 12.2 Å². The van der Waals surface area contributed by atoms with Gasteiger partial charge in [0, 0.05) is 10.4 Å². The van der Waals surface area contributed by atoms with Crippen molar-refractivity contribution in [2.24, 2.45) is 0 Å². The van der Waals surface area contributed by atoms with E-state index in [4.69, 9.17) is 4.42 Å². The smallest absolute Gasteiger partial charge is 0.252 e. The summed E-state index contributed by atoms with van der Waals surface area (Å²) in [6, 6.07) is 14.4. The molecule has 2 aromatic heterocycles. The van der Waals surface area contributed by atoms with E-state index in [0.29, 0.717) is 29.7 Å². The van der Waals surface area contributed by atoms with Crippen LogP contribution in [-0.2, 0) is 6.54 Å². The monoisotopic (exact) mass is 311 g/mol. The summed E-state index contributed by atoms with van der Waals surface area (Å²) in [5.41, 5.74) is 1.19. The van der Waals surface area contributed by atoms with E-state index in [1.165, 1.54) is 0 Å². The average molecular weight is 311 g/mol. The van der Waals surface area contributed by atoms with Crippen molar-refractivity contribution in [3.8, 4) is 11.3 Å². The molecule has 3 rings (SSSR count). The molecule has 0 radical (unpaired) electrons. The second-order valence-electron chi connectivity index (χ2n) is 4.63. The number of benzene rings is 1. The molecule has 1 aromatic carbocycles. The van der Waals surface area contributed by atoms with E-state index >= 15 is 0 Å². The molecule has 0 unspecified atom stereocenters. The van der Waals surface area contributed by atoms with Crippen molar-refractivity contribution >= 4 is 23.5 Å². The van der Waals surface area contributed by atoms with E-state index in [9.17, 15) is 9.59 Å². The molecule has 5 heteroatoms. The summed E-state index contributed by atoms with van der Waals surface area (Å²) in [6.45, 7) is 0.489. The Bertz CT molecular complexity index is 790. The van der Waals surface area contributed by atoms with E-state index in [1.54, 1.807) is 41.7 Å². The molecule has 1 N–H and O–H groups in total. The molecule has 2 heterocycles. The van der Waals surface area contributed by atoms with Crippen molar-refractivity contribution in [3.05, 3.63) is 70.1 Å². The Morgan fingerprint density at radius 2 is 2.00 bits per heavy atom. The number of rotatable bonds is 5. The minimum atomic E-state index is -0.173. The first kappa shape index (κ1) is 14.3. The summed E-state index contributed by atoms with van der Waals surface area (Å²) in [5.74, 6) is 0.570. The minimum Gasteiger partial charge on any atom is -0.453 e.